The van der Waals surface area contributed by atoms with Crippen molar-refractivity contribution in [1.82, 2.24) is 14.1 Å². The molecule has 2 heterocycles. The molecule has 118 valence electrons. The Morgan fingerprint density at radius 2 is 2.00 bits per heavy atom. The van der Waals surface area contributed by atoms with E-state index < -0.39 is 10.0 Å². The number of aromatic nitrogens is 2. The van der Waals surface area contributed by atoms with Crippen molar-refractivity contribution in [2.45, 2.75) is 50.5 Å². The number of anilines is 1. The van der Waals surface area contributed by atoms with Gasteiger partial charge in [0.25, 0.3) is 0 Å². The van der Waals surface area contributed by atoms with Gasteiger partial charge in [0, 0.05) is 25.8 Å². The van der Waals surface area contributed by atoms with E-state index in [1.165, 1.54) is 19.3 Å². The minimum atomic E-state index is -3.51. The molecule has 1 aliphatic carbocycles. The molecule has 2 atom stereocenters. The van der Waals surface area contributed by atoms with Gasteiger partial charge in [0.1, 0.15) is 4.90 Å². The van der Waals surface area contributed by atoms with Crippen LogP contribution in [0.25, 0.3) is 0 Å². The fourth-order valence-electron chi connectivity index (χ4n) is 3.70. The maximum atomic E-state index is 12.8. The van der Waals surface area contributed by atoms with E-state index in [4.69, 9.17) is 5.73 Å². The van der Waals surface area contributed by atoms with Crippen LogP contribution in [0.4, 0.5) is 5.82 Å². The molecular weight excluding hydrogens is 288 g/mol. The molecule has 0 spiro atoms. The van der Waals surface area contributed by atoms with Gasteiger partial charge in [-0.25, -0.2) is 8.42 Å². The predicted molar refractivity (Wildman–Crippen MR) is 81.1 cm³/mol. The van der Waals surface area contributed by atoms with E-state index in [9.17, 15) is 8.42 Å². The second-order valence-corrected chi connectivity index (χ2v) is 8.10. The summed E-state index contributed by atoms with van der Waals surface area (Å²) >= 11 is 0. The fraction of sp³-hybridized carbons (Fsp3) is 0.786. The van der Waals surface area contributed by atoms with E-state index in [1.54, 1.807) is 15.2 Å². The molecule has 0 aromatic carbocycles. The molecule has 0 radical (unpaired) electrons. The Labute approximate surface area is 126 Å². The normalized spacial score (nSPS) is 27.5. The van der Waals surface area contributed by atoms with E-state index in [1.807, 2.05) is 6.92 Å². The minimum absolute atomic E-state index is 0.114. The third-order valence-electron chi connectivity index (χ3n) is 4.95. The monoisotopic (exact) mass is 312 g/mol. The maximum absolute atomic E-state index is 12.8. The number of nitrogens with zero attached hydrogens (tertiary/aromatic N) is 3. The number of sulfonamides is 1. The van der Waals surface area contributed by atoms with Gasteiger partial charge in [-0.3, -0.25) is 4.68 Å². The molecule has 1 aliphatic heterocycles. The third kappa shape index (κ3) is 2.68. The van der Waals surface area contributed by atoms with Gasteiger partial charge in [0.05, 0.1) is 0 Å². The van der Waals surface area contributed by atoms with E-state index in [0.717, 1.165) is 12.8 Å². The van der Waals surface area contributed by atoms with Crippen LogP contribution in [0.15, 0.2) is 11.1 Å². The van der Waals surface area contributed by atoms with E-state index >= 15 is 0 Å². The lowest BCUT2D eigenvalue weighted by molar-refractivity contribution is 0.136. The summed E-state index contributed by atoms with van der Waals surface area (Å²) in [4.78, 5) is 0.165. The summed E-state index contributed by atoms with van der Waals surface area (Å²) in [5.74, 6) is 1.34. The second-order valence-electron chi connectivity index (χ2n) is 6.19. The van der Waals surface area contributed by atoms with E-state index in [2.05, 4.69) is 5.10 Å². The van der Waals surface area contributed by atoms with Crippen LogP contribution in [0, 0.1) is 11.8 Å². The Morgan fingerprint density at radius 3 is 2.67 bits per heavy atom. The van der Waals surface area contributed by atoms with Crippen molar-refractivity contribution in [2.75, 3.05) is 18.8 Å². The summed E-state index contributed by atoms with van der Waals surface area (Å²) in [5, 5.41) is 4.06. The Hall–Kier alpha value is -1.08. The van der Waals surface area contributed by atoms with Crippen LogP contribution in [-0.4, -0.2) is 35.6 Å². The second kappa shape index (κ2) is 5.61. The van der Waals surface area contributed by atoms with Crippen LogP contribution in [0.2, 0.25) is 0 Å². The SMILES string of the molecule is CCn1cc(S(=O)(=O)N2CCC3CCCCC3C2)c(N)n1. The summed E-state index contributed by atoms with van der Waals surface area (Å²) in [6, 6.07) is 0. The molecule has 1 aromatic rings. The predicted octanol–water partition coefficient (Wildman–Crippen LogP) is 1.69. The molecule has 2 fully saturated rings. The summed E-state index contributed by atoms with van der Waals surface area (Å²) in [6.45, 7) is 3.78. The summed E-state index contributed by atoms with van der Waals surface area (Å²) in [5.41, 5.74) is 5.80. The molecule has 2 aliphatic rings. The number of rotatable bonds is 3. The third-order valence-corrected chi connectivity index (χ3v) is 6.83. The number of piperidine rings is 1. The van der Waals surface area contributed by atoms with Crippen LogP contribution in [0.5, 0.6) is 0 Å². The van der Waals surface area contributed by atoms with Crippen LogP contribution >= 0.6 is 0 Å². The quantitative estimate of drug-likeness (QED) is 0.921. The summed E-state index contributed by atoms with van der Waals surface area (Å²) in [7, 11) is -3.51. The van der Waals surface area contributed by atoms with Crippen molar-refractivity contribution in [3.05, 3.63) is 6.20 Å². The lowest BCUT2D eigenvalue weighted by Crippen LogP contribution is -2.44. The van der Waals surface area contributed by atoms with Gasteiger partial charge < -0.3 is 5.73 Å². The Balaban J connectivity index is 1.83. The topological polar surface area (TPSA) is 81.2 Å². The van der Waals surface area contributed by atoms with Gasteiger partial charge in [-0.05, 0) is 31.6 Å². The van der Waals surface area contributed by atoms with Gasteiger partial charge in [-0.15, -0.1) is 0 Å². The van der Waals surface area contributed by atoms with Crippen molar-refractivity contribution in [3.63, 3.8) is 0 Å². The molecule has 1 saturated heterocycles. The maximum Gasteiger partial charge on any atom is 0.248 e. The largest absolute Gasteiger partial charge is 0.381 e. The lowest BCUT2D eigenvalue weighted by atomic mass is 9.76. The number of hydrogen-bond acceptors (Lipinski definition) is 4. The zero-order valence-corrected chi connectivity index (χ0v) is 13.3. The first-order valence-electron chi connectivity index (χ1n) is 7.85. The average molecular weight is 312 g/mol. The van der Waals surface area contributed by atoms with Crippen LogP contribution in [-0.2, 0) is 16.6 Å². The van der Waals surface area contributed by atoms with Gasteiger partial charge in [0.2, 0.25) is 10.0 Å². The van der Waals surface area contributed by atoms with Crippen molar-refractivity contribution in [2.24, 2.45) is 11.8 Å². The molecule has 7 heteroatoms. The Morgan fingerprint density at radius 1 is 1.29 bits per heavy atom. The standard InChI is InChI=1S/C14H24N4O2S/c1-2-17-10-13(14(15)16-17)21(19,20)18-8-7-11-5-3-4-6-12(11)9-18/h10-12H,2-9H2,1H3,(H2,15,16). The molecule has 3 rings (SSSR count). The highest BCUT2D eigenvalue weighted by Crippen LogP contribution is 2.38. The first-order chi connectivity index (χ1) is 10.0. The Kier molecular flexibility index (Phi) is 3.96. The average Bonchev–Trinajstić information content (AvgIpc) is 2.88. The highest BCUT2D eigenvalue weighted by Gasteiger charge is 2.37. The molecule has 0 bridgehead atoms. The molecule has 1 aromatic heterocycles. The number of nitrogen functional groups attached to an aromatic ring is 1. The number of aryl methyl sites for hydroxylation is 1. The van der Waals surface area contributed by atoms with Gasteiger partial charge in [0.15, 0.2) is 5.82 Å². The van der Waals surface area contributed by atoms with Gasteiger partial charge in [-0.2, -0.15) is 9.40 Å². The number of hydrogen-bond donors (Lipinski definition) is 1. The molecule has 2 N–H and O–H groups in total. The molecule has 1 saturated carbocycles. The zero-order valence-electron chi connectivity index (χ0n) is 12.5. The van der Waals surface area contributed by atoms with Crippen LogP contribution in [0.3, 0.4) is 0 Å². The van der Waals surface area contributed by atoms with Crippen LogP contribution < -0.4 is 5.73 Å². The van der Waals surface area contributed by atoms with Crippen LogP contribution in [0.1, 0.15) is 39.0 Å². The molecule has 21 heavy (non-hydrogen) atoms. The van der Waals surface area contributed by atoms with Crippen molar-refractivity contribution in [3.8, 4) is 0 Å². The van der Waals surface area contributed by atoms with Crippen molar-refractivity contribution < 1.29 is 8.42 Å². The van der Waals surface area contributed by atoms with E-state index in [-0.39, 0.29) is 10.7 Å². The first-order valence-corrected chi connectivity index (χ1v) is 9.29. The fourth-order valence-corrected chi connectivity index (χ4v) is 5.28. The molecular formula is C14H24N4O2S. The number of fused-ring (bicyclic) bond motifs is 1. The Bertz CT molecular complexity index is 610. The van der Waals surface area contributed by atoms with Crippen molar-refractivity contribution >= 4 is 15.8 Å². The number of nitrogens with two attached hydrogens (primary N) is 1. The molecule has 2 unspecified atom stereocenters. The first kappa shape index (κ1) is 14.8. The minimum Gasteiger partial charge on any atom is -0.381 e. The van der Waals surface area contributed by atoms with Gasteiger partial charge >= 0.3 is 0 Å². The molecule has 6 nitrogen and oxygen atoms in total. The van der Waals surface area contributed by atoms with Crippen molar-refractivity contribution in [1.29, 1.82) is 0 Å². The lowest BCUT2D eigenvalue weighted by Gasteiger charge is -2.40. The summed E-state index contributed by atoms with van der Waals surface area (Å²) in [6.07, 6.45) is 7.47. The van der Waals surface area contributed by atoms with Gasteiger partial charge in [-0.1, -0.05) is 19.3 Å². The summed E-state index contributed by atoms with van der Waals surface area (Å²) < 4.78 is 28.8. The van der Waals surface area contributed by atoms with E-state index in [0.29, 0.717) is 31.5 Å². The smallest absolute Gasteiger partial charge is 0.248 e. The zero-order chi connectivity index (χ0) is 15.0. The highest BCUT2D eigenvalue weighted by molar-refractivity contribution is 7.89. The molecule has 0 amide bonds. The highest BCUT2D eigenvalue weighted by atomic mass is 32.2.